The standard InChI is InChI=1S/C23H24ClN3O5S2/c1-3-27(4-2)34(31,32)20-13-10-17(11-14-20)25-23(28)21-16-18(12-15-22(21)24)26-33(29,30)19-8-6-5-7-9-19/h5-16,26H,3-4H2,1-2H3,(H,25,28). The van der Waals surface area contributed by atoms with E-state index in [9.17, 15) is 21.6 Å². The number of nitrogens with zero attached hydrogens (tertiary/aromatic N) is 1. The minimum atomic E-state index is -3.84. The summed E-state index contributed by atoms with van der Waals surface area (Å²) in [6.07, 6.45) is 0. The summed E-state index contributed by atoms with van der Waals surface area (Å²) in [5, 5.41) is 2.77. The van der Waals surface area contributed by atoms with E-state index in [2.05, 4.69) is 10.0 Å². The number of anilines is 2. The first-order chi connectivity index (χ1) is 16.1. The normalized spacial score (nSPS) is 11.9. The van der Waals surface area contributed by atoms with E-state index in [1.165, 1.54) is 58.9 Å². The molecular formula is C23H24ClN3O5S2. The van der Waals surface area contributed by atoms with Crippen molar-refractivity contribution in [2.24, 2.45) is 0 Å². The number of rotatable bonds is 9. The summed E-state index contributed by atoms with van der Waals surface area (Å²) in [7, 11) is -7.46. The van der Waals surface area contributed by atoms with Crippen molar-refractivity contribution < 1.29 is 21.6 Å². The topological polar surface area (TPSA) is 113 Å². The average molecular weight is 522 g/mol. The summed E-state index contributed by atoms with van der Waals surface area (Å²) in [5.74, 6) is -0.579. The molecule has 0 fully saturated rings. The molecule has 0 saturated heterocycles. The van der Waals surface area contributed by atoms with Crippen LogP contribution in [0.2, 0.25) is 5.02 Å². The lowest BCUT2D eigenvalue weighted by molar-refractivity contribution is 0.102. The molecule has 3 aromatic rings. The number of amides is 1. The van der Waals surface area contributed by atoms with E-state index < -0.39 is 26.0 Å². The van der Waals surface area contributed by atoms with Gasteiger partial charge in [-0.1, -0.05) is 43.6 Å². The highest BCUT2D eigenvalue weighted by Gasteiger charge is 2.22. The second-order valence-corrected chi connectivity index (χ2v) is 11.2. The highest BCUT2D eigenvalue weighted by atomic mass is 35.5. The zero-order valence-corrected chi connectivity index (χ0v) is 20.9. The minimum absolute atomic E-state index is 0.0507. The third-order valence-electron chi connectivity index (χ3n) is 4.97. The summed E-state index contributed by atoms with van der Waals surface area (Å²) >= 11 is 6.17. The molecule has 2 N–H and O–H groups in total. The van der Waals surface area contributed by atoms with Crippen LogP contribution >= 0.6 is 11.6 Å². The first-order valence-electron chi connectivity index (χ1n) is 10.4. The van der Waals surface area contributed by atoms with E-state index in [0.717, 1.165) is 0 Å². The molecule has 0 atom stereocenters. The molecule has 0 saturated carbocycles. The summed E-state index contributed by atoms with van der Waals surface area (Å²) in [6.45, 7) is 4.21. The van der Waals surface area contributed by atoms with Gasteiger partial charge in [0.1, 0.15) is 0 Å². The lowest BCUT2D eigenvalue weighted by Crippen LogP contribution is -2.30. The van der Waals surface area contributed by atoms with Crippen LogP contribution in [-0.4, -0.2) is 40.1 Å². The lowest BCUT2D eigenvalue weighted by Gasteiger charge is -2.18. The number of sulfonamides is 2. The van der Waals surface area contributed by atoms with Crippen LogP contribution in [0, 0.1) is 0 Å². The van der Waals surface area contributed by atoms with Crippen molar-refractivity contribution >= 4 is 48.9 Å². The Labute approximate surface area is 204 Å². The van der Waals surface area contributed by atoms with Gasteiger partial charge in [-0.25, -0.2) is 16.8 Å². The Morgan fingerprint density at radius 2 is 1.41 bits per heavy atom. The molecule has 0 unspecified atom stereocenters. The van der Waals surface area contributed by atoms with Gasteiger partial charge in [-0.15, -0.1) is 0 Å². The number of carbonyl (C=O) groups is 1. The van der Waals surface area contributed by atoms with Crippen LogP contribution in [0.4, 0.5) is 11.4 Å². The van der Waals surface area contributed by atoms with E-state index in [4.69, 9.17) is 11.6 Å². The molecule has 1 amide bonds. The second kappa shape index (κ2) is 10.6. The summed E-state index contributed by atoms with van der Waals surface area (Å²) in [5.41, 5.74) is 0.573. The Kier molecular flexibility index (Phi) is 7.98. The molecule has 0 heterocycles. The fourth-order valence-corrected chi connectivity index (χ4v) is 5.93. The molecule has 3 aromatic carbocycles. The molecule has 0 aliphatic carbocycles. The van der Waals surface area contributed by atoms with Crippen molar-refractivity contribution in [3.05, 3.63) is 83.4 Å². The first-order valence-corrected chi connectivity index (χ1v) is 13.7. The van der Waals surface area contributed by atoms with Crippen molar-refractivity contribution in [2.75, 3.05) is 23.1 Å². The number of carbonyl (C=O) groups excluding carboxylic acids is 1. The fourth-order valence-electron chi connectivity index (χ4n) is 3.20. The molecule has 11 heteroatoms. The molecule has 0 aliphatic heterocycles. The summed E-state index contributed by atoms with van der Waals surface area (Å²) in [6, 6.07) is 17.8. The Morgan fingerprint density at radius 3 is 2.00 bits per heavy atom. The van der Waals surface area contributed by atoms with Crippen molar-refractivity contribution in [1.29, 1.82) is 0 Å². The molecule has 0 aromatic heterocycles. The molecular weight excluding hydrogens is 498 g/mol. The predicted octanol–water partition coefficient (Wildman–Crippen LogP) is 4.42. The quantitative estimate of drug-likeness (QED) is 0.432. The van der Waals surface area contributed by atoms with Crippen LogP contribution in [0.25, 0.3) is 0 Å². The molecule has 0 radical (unpaired) electrons. The highest BCUT2D eigenvalue weighted by molar-refractivity contribution is 7.92. The smallest absolute Gasteiger partial charge is 0.261 e. The number of benzene rings is 3. The van der Waals surface area contributed by atoms with Crippen molar-refractivity contribution in [1.82, 2.24) is 4.31 Å². The SMILES string of the molecule is CCN(CC)S(=O)(=O)c1ccc(NC(=O)c2cc(NS(=O)(=O)c3ccccc3)ccc2Cl)cc1. The van der Waals surface area contributed by atoms with Gasteiger partial charge < -0.3 is 5.32 Å². The summed E-state index contributed by atoms with van der Waals surface area (Å²) < 4.78 is 54.1. The van der Waals surface area contributed by atoms with Crippen LogP contribution in [0.15, 0.2) is 82.6 Å². The minimum Gasteiger partial charge on any atom is -0.322 e. The Balaban J connectivity index is 1.79. The van der Waals surface area contributed by atoms with Crippen LogP contribution < -0.4 is 10.0 Å². The van der Waals surface area contributed by atoms with Gasteiger partial charge in [-0.2, -0.15) is 4.31 Å². The van der Waals surface area contributed by atoms with Crippen molar-refractivity contribution in [3.8, 4) is 0 Å². The van der Waals surface area contributed by atoms with Gasteiger partial charge >= 0.3 is 0 Å². The number of nitrogens with one attached hydrogen (secondary N) is 2. The van der Waals surface area contributed by atoms with Gasteiger partial charge in [0, 0.05) is 24.5 Å². The number of hydrogen-bond acceptors (Lipinski definition) is 5. The van der Waals surface area contributed by atoms with Gasteiger partial charge in [0.05, 0.1) is 20.4 Å². The molecule has 0 bridgehead atoms. The molecule has 3 rings (SSSR count). The maximum Gasteiger partial charge on any atom is 0.261 e. The van der Waals surface area contributed by atoms with Crippen molar-refractivity contribution in [3.63, 3.8) is 0 Å². The first kappa shape index (κ1) is 25.7. The molecule has 180 valence electrons. The fraction of sp³-hybridized carbons (Fsp3) is 0.174. The van der Waals surface area contributed by atoms with E-state index in [1.54, 1.807) is 32.0 Å². The van der Waals surface area contributed by atoms with Crippen LogP contribution in [0.3, 0.4) is 0 Å². The van der Waals surface area contributed by atoms with Gasteiger partial charge in [-0.3, -0.25) is 9.52 Å². The van der Waals surface area contributed by atoms with Gasteiger partial charge in [-0.05, 0) is 54.6 Å². The monoisotopic (exact) mass is 521 g/mol. The lowest BCUT2D eigenvalue weighted by atomic mass is 10.2. The maximum absolute atomic E-state index is 12.8. The third-order valence-corrected chi connectivity index (χ3v) is 8.76. The van der Waals surface area contributed by atoms with Gasteiger partial charge in [0.15, 0.2) is 0 Å². The molecule has 0 spiro atoms. The Bertz CT molecular complexity index is 1370. The maximum atomic E-state index is 12.8. The van der Waals surface area contributed by atoms with E-state index in [0.29, 0.717) is 18.8 Å². The van der Waals surface area contributed by atoms with E-state index >= 15 is 0 Å². The largest absolute Gasteiger partial charge is 0.322 e. The highest BCUT2D eigenvalue weighted by Crippen LogP contribution is 2.25. The summed E-state index contributed by atoms with van der Waals surface area (Å²) in [4.78, 5) is 13.0. The van der Waals surface area contributed by atoms with Crippen LogP contribution in [-0.2, 0) is 20.0 Å². The van der Waals surface area contributed by atoms with Crippen LogP contribution in [0.1, 0.15) is 24.2 Å². The third kappa shape index (κ3) is 5.76. The van der Waals surface area contributed by atoms with Crippen LogP contribution in [0.5, 0.6) is 0 Å². The molecule has 0 aliphatic rings. The number of hydrogen-bond donors (Lipinski definition) is 2. The predicted molar refractivity (Wildman–Crippen MR) is 133 cm³/mol. The average Bonchev–Trinajstić information content (AvgIpc) is 2.81. The van der Waals surface area contributed by atoms with E-state index in [1.807, 2.05) is 0 Å². The number of halogens is 1. The van der Waals surface area contributed by atoms with E-state index in [-0.39, 0.29) is 26.1 Å². The Morgan fingerprint density at radius 1 is 0.824 bits per heavy atom. The Hall–Kier alpha value is -2.92. The van der Waals surface area contributed by atoms with Gasteiger partial charge in [0.25, 0.3) is 15.9 Å². The molecule has 8 nitrogen and oxygen atoms in total. The second-order valence-electron chi connectivity index (χ2n) is 7.18. The zero-order valence-electron chi connectivity index (χ0n) is 18.5. The van der Waals surface area contributed by atoms with Gasteiger partial charge in [0.2, 0.25) is 10.0 Å². The zero-order chi connectivity index (χ0) is 24.9. The molecule has 34 heavy (non-hydrogen) atoms. The van der Waals surface area contributed by atoms with Crippen molar-refractivity contribution in [2.45, 2.75) is 23.6 Å².